The Balaban J connectivity index is 2.32. The summed E-state index contributed by atoms with van der Waals surface area (Å²) in [5.74, 6) is 1.11. The lowest BCUT2D eigenvalue weighted by molar-refractivity contribution is -0.124. The molecule has 0 bridgehead atoms. The van der Waals surface area contributed by atoms with Gasteiger partial charge in [0.25, 0.3) is 0 Å². The molecular weight excluding hydrogens is 276 g/mol. The van der Waals surface area contributed by atoms with E-state index in [9.17, 15) is 4.79 Å². The number of ether oxygens (including phenoxy) is 1. The van der Waals surface area contributed by atoms with Crippen molar-refractivity contribution in [2.45, 2.75) is 46.2 Å². The van der Waals surface area contributed by atoms with Crippen LogP contribution in [-0.2, 0) is 11.2 Å². The number of aromatic amines is 1. The van der Waals surface area contributed by atoms with Gasteiger partial charge in [-0.1, -0.05) is 39.8 Å². The highest BCUT2D eigenvalue weighted by Crippen LogP contribution is 2.28. The molecule has 0 radical (unpaired) electrons. The van der Waals surface area contributed by atoms with Crippen LogP contribution in [-0.4, -0.2) is 30.0 Å². The second-order valence-corrected chi connectivity index (χ2v) is 6.33. The third-order valence-corrected chi connectivity index (χ3v) is 3.85. The molecule has 4 nitrogen and oxygen atoms in total. The van der Waals surface area contributed by atoms with Crippen molar-refractivity contribution >= 4 is 16.7 Å². The molecule has 0 spiro atoms. The van der Waals surface area contributed by atoms with E-state index in [1.165, 1.54) is 0 Å². The van der Waals surface area contributed by atoms with Gasteiger partial charge in [-0.25, -0.2) is 0 Å². The van der Waals surface area contributed by atoms with Gasteiger partial charge < -0.3 is 15.0 Å². The molecule has 0 saturated heterocycles. The molecule has 0 aliphatic carbocycles. The third kappa shape index (κ3) is 3.50. The second kappa shape index (κ2) is 6.97. The van der Waals surface area contributed by atoms with Crippen molar-refractivity contribution in [2.75, 3.05) is 7.11 Å². The van der Waals surface area contributed by atoms with Gasteiger partial charge in [-0.15, -0.1) is 0 Å². The van der Waals surface area contributed by atoms with Crippen LogP contribution in [0.5, 0.6) is 5.75 Å². The number of H-pyrrole nitrogens is 1. The van der Waals surface area contributed by atoms with E-state index >= 15 is 0 Å². The van der Waals surface area contributed by atoms with Gasteiger partial charge in [0.2, 0.25) is 0 Å². The van der Waals surface area contributed by atoms with Crippen molar-refractivity contribution in [1.82, 2.24) is 10.3 Å². The van der Waals surface area contributed by atoms with Crippen molar-refractivity contribution < 1.29 is 9.53 Å². The number of benzene rings is 1. The Bertz CT molecular complexity index is 644. The van der Waals surface area contributed by atoms with Crippen LogP contribution in [0.1, 0.15) is 33.3 Å². The fourth-order valence-corrected chi connectivity index (χ4v) is 2.79. The van der Waals surface area contributed by atoms with Crippen molar-refractivity contribution in [2.24, 2.45) is 5.92 Å². The summed E-state index contributed by atoms with van der Waals surface area (Å²) in [6.45, 7) is 8.04. The minimum atomic E-state index is -0.162. The first-order valence-corrected chi connectivity index (χ1v) is 7.86. The lowest BCUT2D eigenvalue weighted by Crippen LogP contribution is -2.44. The number of fused-ring (bicyclic) bond motifs is 1. The topological polar surface area (TPSA) is 54.1 Å². The number of para-hydroxylation sites is 1. The molecule has 0 aliphatic heterocycles. The third-order valence-electron chi connectivity index (χ3n) is 3.85. The lowest BCUT2D eigenvalue weighted by atomic mass is 9.95. The van der Waals surface area contributed by atoms with Crippen LogP contribution in [0.3, 0.4) is 0 Å². The number of hydrogen-bond donors (Lipinski definition) is 2. The predicted molar refractivity (Wildman–Crippen MR) is 90.5 cm³/mol. The summed E-state index contributed by atoms with van der Waals surface area (Å²) in [6, 6.07) is 6.09. The number of rotatable bonds is 7. The predicted octanol–water partition coefficient (Wildman–Crippen LogP) is 3.31. The highest BCUT2D eigenvalue weighted by atomic mass is 16.5. The van der Waals surface area contributed by atoms with Crippen LogP contribution < -0.4 is 10.1 Å². The molecule has 0 aliphatic rings. The zero-order valence-electron chi connectivity index (χ0n) is 14.1. The molecular formula is C18H26N2O2. The standard InChI is InChI=1S/C18H26N2O2/c1-11(2)18(21)15(20-12(3)4)9-13-10-19-17-14(13)7-6-8-16(17)22-5/h6-8,10-12,15,19-20H,9H2,1-5H3/t15-/m0/s1. The summed E-state index contributed by atoms with van der Waals surface area (Å²) in [5.41, 5.74) is 2.13. The highest BCUT2D eigenvalue weighted by molar-refractivity contribution is 5.90. The van der Waals surface area contributed by atoms with E-state index in [1.807, 2.05) is 32.2 Å². The molecule has 1 aromatic carbocycles. The molecule has 0 fully saturated rings. The van der Waals surface area contributed by atoms with Gasteiger partial charge >= 0.3 is 0 Å². The van der Waals surface area contributed by atoms with Gasteiger partial charge in [-0.2, -0.15) is 0 Å². The largest absolute Gasteiger partial charge is 0.495 e. The minimum Gasteiger partial charge on any atom is -0.495 e. The number of methoxy groups -OCH3 is 1. The maximum Gasteiger partial charge on any atom is 0.152 e. The van der Waals surface area contributed by atoms with Gasteiger partial charge in [0, 0.05) is 23.5 Å². The molecule has 1 atom stereocenters. The Morgan fingerprint density at radius 2 is 2.00 bits per heavy atom. The Morgan fingerprint density at radius 1 is 1.27 bits per heavy atom. The van der Waals surface area contributed by atoms with E-state index < -0.39 is 0 Å². The Morgan fingerprint density at radius 3 is 2.59 bits per heavy atom. The average molecular weight is 302 g/mol. The molecule has 2 rings (SSSR count). The molecule has 2 N–H and O–H groups in total. The van der Waals surface area contributed by atoms with Crippen LogP contribution >= 0.6 is 0 Å². The van der Waals surface area contributed by atoms with E-state index in [2.05, 4.69) is 30.2 Å². The molecule has 22 heavy (non-hydrogen) atoms. The normalized spacial score (nSPS) is 13.0. The number of nitrogens with one attached hydrogen (secondary N) is 2. The van der Waals surface area contributed by atoms with E-state index in [-0.39, 0.29) is 23.8 Å². The molecule has 0 amide bonds. The smallest absolute Gasteiger partial charge is 0.152 e. The maximum atomic E-state index is 12.5. The molecule has 0 saturated carbocycles. The second-order valence-electron chi connectivity index (χ2n) is 6.33. The molecule has 2 aromatic rings. The monoisotopic (exact) mass is 302 g/mol. The zero-order valence-corrected chi connectivity index (χ0v) is 14.1. The molecule has 1 heterocycles. The van der Waals surface area contributed by atoms with E-state index in [0.29, 0.717) is 6.42 Å². The van der Waals surface area contributed by atoms with Gasteiger partial charge in [-0.05, 0) is 18.1 Å². The van der Waals surface area contributed by atoms with E-state index in [1.54, 1.807) is 7.11 Å². The molecule has 4 heteroatoms. The number of Topliss-reactive ketones (excluding diaryl/α,β-unsaturated/α-hetero) is 1. The Labute approximate surface area is 132 Å². The zero-order chi connectivity index (χ0) is 16.3. The highest BCUT2D eigenvalue weighted by Gasteiger charge is 2.23. The number of carbonyl (C=O) groups is 1. The number of aromatic nitrogens is 1. The molecule has 0 unspecified atom stereocenters. The van der Waals surface area contributed by atoms with E-state index in [0.717, 1.165) is 22.2 Å². The quantitative estimate of drug-likeness (QED) is 0.825. The summed E-state index contributed by atoms with van der Waals surface area (Å²) >= 11 is 0. The fourth-order valence-electron chi connectivity index (χ4n) is 2.79. The summed E-state index contributed by atoms with van der Waals surface area (Å²) in [6.07, 6.45) is 2.66. The minimum absolute atomic E-state index is 0.0241. The average Bonchev–Trinajstić information content (AvgIpc) is 2.88. The van der Waals surface area contributed by atoms with Crippen molar-refractivity contribution in [3.05, 3.63) is 30.0 Å². The number of ketones is 1. The number of carbonyl (C=O) groups excluding carboxylic acids is 1. The van der Waals surface area contributed by atoms with Crippen molar-refractivity contribution in [1.29, 1.82) is 0 Å². The molecule has 120 valence electrons. The lowest BCUT2D eigenvalue weighted by Gasteiger charge is -2.21. The molecule has 1 aromatic heterocycles. The first kappa shape index (κ1) is 16.6. The Kier molecular flexibility index (Phi) is 5.24. The van der Waals surface area contributed by atoms with Crippen LogP contribution in [0, 0.1) is 5.92 Å². The van der Waals surface area contributed by atoms with Crippen LogP contribution in [0.15, 0.2) is 24.4 Å². The summed E-state index contributed by atoms with van der Waals surface area (Å²) in [4.78, 5) is 15.7. The van der Waals surface area contributed by atoms with Gasteiger partial charge in [0.15, 0.2) is 5.78 Å². The SMILES string of the molecule is COc1cccc2c(C[C@H](NC(C)C)C(=O)C(C)C)c[nH]c12. The van der Waals surface area contributed by atoms with Crippen LogP contribution in [0.25, 0.3) is 10.9 Å². The summed E-state index contributed by atoms with van der Waals surface area (Å²) in [7, 11) is 1.67. The fraction of sp³-hybridized carbons (Fsp3) is 0.500. The maximum absolute atomic E-state index is 12.5. The van der Waals surface area contributed by atoms with Crippen LogP contribution in [0.2, 0.25) is 0 Å². The van der Waals surface area contributed by atoms with Crippen molar-refractivity contribution in [3.63, 3.8) is 0 Å². The first-order valence-electron chi connectivity index (χ1n) is 7.86. The van der Waals surface area contributed by atoms with Gasteiger partial charge in [0.1, 0.15) is 5.75 Å². The number of hydrogen-bond acceptors (Lipinski definition) is 3. The van der Waals surface area contributed by atoms with Gasteiger partial charge in [0.05, 0.1) is 18.7 Å². The van der Waals surface area contributed by atoms with Gasteiger partial charge in [-0.3, -0.25) is 4.79 Å². The van der Waals surface area contributed by atoms with Crippen molar-refractivity contribution in [3.8, 4) is 5.75 Å². The Hall–Kier alpha value is -1.81. The summed E-state index contributed by atoms with van der Waals surface area (Å²) in [5, 5.41) is 4.51. The summed E-state index contributed by atoms with van der Waals surface area (Å²) < 4.78 is 5.38. The first-order chi connectivity index (χ1) is 10.4. The van der Waals surface area contributed by atoms with Crippen LogP contribution in [0.4, 0.5) is 0 Å². The van der Waals surface area contributed by atoms with E-state index in [4.69, 9.17) is 4.74 Å².